The molecule has 0 bridgehead atoms. The van der Waals surface area contributed by atoms with E-state index in [9.17, 15) is 13.2 Å². The van der Waals surface area contributed by atoms with Gasteiger partial charge in [0.15, 0.2) is 15.8 Å². The second-order valence-electron chi connectivity index (χ2n) is 7.03. The summed E-state index contributed by atoms with van der Waals surface area (Å²) in [4.78, 5) is 16.5. The fourth-order valence-corrected chi connectivity index (χ4v) is 4.65. The van der Waals surface area contributed by atoms with Crippen molar-refractivity contribution in [1.82, 2.24) is 10.6 Å². The number of hydrogen-bond donors (Lipinski definition) is 3. The summed E-state index contributed by atoms with van der Waals surface area (Å²) in [6, 6.07) is 7.27. The van der Waals surface area contributed by atoms with Gasteiger partial charge in [-0.2, -0.15) is 0 Å². The highest BCUT2D eigenvalue weighted by Gasteiger charge is 2.28. The van der Waals surface area contributed by atoms with Crippen LogP contribution in [0.15, 0.2) is 29.3 Å². The molecule has 1 fully saturated rings. The molecular formula is C20H32N4O5S. The molecule has 1 saturated heterocycles. The second-order valence-corrected chi connectivity index (χ2v) is 9.25. The van der Waals surface area contributed by atoms with Gasteiger partial charge in [0.25, 0.3) is 0 Å². The minimum absolute atomic E-state index is 0.0239. The highest BCUT2D eigenvalue weighted by molar-refractivity contribution is 7.91. The first-order valence-corrected chi connectivity index (χ1v) is 12.0. The van der Waals surface area contributed by atoms with Gasteiger partial charge in [0.2, 0.25) is 5.91 Å². The fourth-order valence-electron chi connectivity index (χ4n) is 2.98. The summed E-state index contributed by atoms with van der Waals surface area (Å²) in [6.45, 7) is 4.14. The predicted molar refractivity (Wildman–Crippen MR) is 118 cm³/mol. The average molecular weight is 441 g/mol. The van der Waals surface area contributed by atoms with Crippen molar-refractivity contribution >= 4 is 27.4 Å². The van der Waals surface area contributed by atoms with Crippen molar-refractivity contribution in [3.05, 3.63) is 24.3 Å². The molecule has 0 radical (unpaired) electrons. The van der Waals surface area contributed by atoms with Crippen molar-refractivity contribution in [3.8, 4) is 5.75 Å². The fraction of sp³-hybridized carbons (Fsp3) is 0.600. The van der Waals surface area contributed by atoms with Gasteiger partial charge in [0.1, 0.15) is 5.75 Å². The molecule has 0 saturated carbocycles. The van der Waals surface area contributed by atoms with Gasteiger partial charge in [-0.25, -0.2) is 8.42 Å². The molecule has 30 heavy (non-hydrogen) atoms. The molecule has 9 nitrogen and oxygen atoms in total. The molecule has 3 N–H and O–H groups in total. The SMILES string of the molecule is CCNC(=NCCC(=O)NC1CCS(=O)(=O)C1)Nc1cccc(OCCCOC)c1. The number of aliphatic imine (C=N–C) groups is 1. The van der Waals surface area contributed by atoms with Crippen molar-refractivity contribution in [2.24, 2.45) is 4.99 Å². The minimum atomic E-state index is -3.01. The molecule has 2 rings (SSSR count). The minimum Gasteiger partial charge on any atom is -0.493 e. The summed E-state index contributed by atoms with van der Waals surface area (Å²) in [7, 11) is -1.35. The summed E-state index contributed by atoms with van der Waals surface area (Å²) in [5.74, 6) is 1.28. The summed E-state index contributed by atoms with van der Waals surface area (Å²) in [5, 5.41) is 9.11. The number of rotatable bonds is 11. The van der Waals surface area contributed by atoms with E-state index in [2.05, 4.69) is 20.9 Å². The molecule has 168 valence electrons. The number of guanidine groups is 1. The topological polar surface area (TPSA) is 118 Å². The molecule has 0 aliphatic carbocycles. The number of ether oxygens (including phenoxy) is 2. The zero-order chi connectivity index (χ0) is 21.8. The Balaban J connectivity index is 1.83. The van der Waals surface area contributed by atoms with Gasteiger partial charge in [0.05, 0.1) is 24.7 Å². The highest BCUT2D eigenvalue weighted by atomic mass is 32.2. The van der Waals surface area contributed by atoms with Crippen LogP contribution in [0.1, 0.15) is 26.2 Å². The predicted octanol–water partition coefficient (Wildman–Crippen LogP) is 1.17. The second kappa shape index (κ2) is 12.4. The van der Waals surface area contributed by atoms with Crippen LogP contribution in [-0.2, 0) is 19.4 Å². The molecule has 1 aromatic carbocycles. The number of nitrogens with one attached hydrogen (secondary N) is 3. The van der Waals surface area contributed by atoms with Gasteiger partial charge in [-0.3, -0.25) is 9.79 Å². The van der Waals surface area contributed by atoms with Gasteiger partial charge < -0.3 is 25.4 Å². The number of anilines is 1. The zero-order valence-corrected chi connectivity index (χ0v) is 18.5. The van der Waals surface area contributed by atoms with Crippen molar-refractivity contribution in [1.29, 1.82) is 0 Å². The molecule has 1 aromatic rings. The maximum atomic E-state index is 12.1. The van der Waals surface area contributed by atoms with E-state index in [1.807, 2.05) is 31.2 Å². The first-order chi connectivity index (χ1) is 14.4. The normalized spacial score (nSPS) is 18.1. The zero-order valence-electron chi connectivity index (χ0n) is 17.6. The van der Waals surface area contributed by atoms with Gasteiger partial charge in [-0.1, -0.05) is 6.07 Å². The number of hydrogen-bond acceptors (Lipinski definition) is 6. The lowest BCUT2D eigenvalue weighted by atomic mass is 10.2. The lowest BCUT2D eigenvalue weighted by Gasteiger charge is -2.13. The Labute approximate surface area is 178 Å². The van der Waals surface area contributed by atoms with Crippen molar-refractivity contribution < 1.29 is 22.7 Å². The van der Waals surface area contributed by atoms with Crippen LogP contribution in [0.5, 0.6) is 5.75 Å². The molecule has 1 aliphatic heterocycles. The van der Waals surface area contributed by atoms with E-state index in [0.717, 1.165) is 17.9 Å². The van der Waals surface area contributed by atoms with Crippen molar-refractivity contribution in [3.63, 3.8) is 0 Å². The van der Waals surface area contributed by atoms with Crippen molar-refractivity contribution in [2.75, 3.05) is 50.2 Å². The third-order valence-electron chi connectivity index (χ3n) is 4.41. The molecule has 1 heterocycles. The van der Waals surface area contributed by atoms with E-state index >= 15 is 0 Å². The number of sulfone groups is 1. The van der Waals surface area contributed by atoms with Crippen LogP contribution in [0.3, 0.4) is 0 Å². The van der Waals surface area contributed by atoms with Gasteiger partial charge in [-0.05, 0) is 25.5 Å². The Morgan fingerprint density at radius 3 is 2.83 bits per heavy atom. The van der Waals surface area contributed by atoms with Crippen LogP contribution < -0.4 is 20.7 Å². The molecule has 1 atom stereocenters. The Morgan fingerprint density at radius 2 is 2.13 bits per heavy atom. The molecule has 1 unspecified atom stereocenters. The number of methoxy groups -OCH3 is 1. The molecule has 1 amide bonds. The number of benzene rings is 1. The Morgan fingerprint density at radius 1 is 1.30 bits per heavy atom. The van der Waals surface area contributed by atoms with E-state index in [0.29, 0.717) is 32.1 Å². The van der Waals surface area contributed by atoms with Crippen LogP contribution >= 0.6 is 0 Å². The maximum Gasteiger partial charge on any atom is 0.222 e. The summed E-state index contributed by atoms with van der Waals surface area (Å²) in [6.07, 6.45) is 1.48. The van der Waals surface area contributed by atoms with E-state index in [4.69, 9.17) is 9.47 Å². The summed E-state index contributed by atoms with van der Waals surface area (Å²) < 4.78 is 33.7. The number of carbonyl (C=O) groups excluding carboxylic acids is 1. The Bertz CT molecular complexity index is 813. The monoisotopic (exact) mass is 440 g/mol. The third kappa shape index (κ3) is 9.00. The first kappa shape index (κ1) is 23.9. The van der Waals surface area contributed by atoms with Gasteiger partial charge in [0, 0.05) is 50.9 Å². The highest BCUT2D eigenvalue weighted by Crippen LogP contribution is 2.17. The molecule has 0 spiro atoms. The molecule has 1 aliphatic rings. The molecule has 0 aromatic heterocycles. The number of nitrogens with zero attached hydrogens (tertiary/aromatic N) is 1. The van der Waals surface area contributed by atoms with E-state index in [1.165, 1.54) is 0 Å². The maximum absolute atomic E-state index is 12.1. The van der Waals surface area contributed by atoms with Gasteiger partial charge >= 0.3 is 0 Å². The largest absolute Gasteiger partial charge is 0.493 e. The number of carbonyl (C=O) groups is 1. The summed E-state index contributed by atoms with van der Waals surface area (Å²) in [5.41, 5.74) is 0.819. The van der Waals surface area contributed by atoms with Crippen LogP contribution in [0, 0.1) is 0 Å². The quantitative estimate of drug-likeness (QED) is 0.269. The van der Waals surface area contributed by atoms with Crippen LogP contribution in [0.25, 0.3) is 0 Å². The van der Waals surface area contributed by atoms with E-state index in [1.54, 1.807) is 7.11 Å². The van der Waals surface area contributed by atoms with E-state index < -0.39 is 9.84 Å². The standard InChI is InChI=1S/C20H32N4O5S/c1-3-21-20(22-10-8-19(25)23-17-9-13-30(26,27)15-17)24-16-6-4-7-18(14-16)29-12-5-11-28-2/h4,6-7,14,17H,3,5,8-13,15H2,1-2H3,(H,23,25)(H2,21,22,24). The molecule has 10 heteroatoms. The Hall–Kier alpha value is -2.33. The number of amides is 1. The summed E-state index contributed by atoms with van der Waals surface area (Å²) >= 11 is 0. The van der Waals surface area contributed by atoms with Crippen LogP contribution in [-0.4, -0.2) is 71.2 Å². The van der Waals surface area contributed by atoms with Crippen LogP contribution in [0.4, 0.5) is 5.69 Å². The lowest BCUT2D eigenvalue weighted by molar-refractivity contribution is -0.121. The average Bonchev–Trinajstić information content (AvgIpc) is 3.04. The smallest absolute Gasteiger partial charge is 0.222 e. The van der Waals surface area contributed by atoms with Crippen LogP contribution in [0.2, 0.25) is 0 Å². The molecular weight excluding hydrogens is 408 g/mol. The third-order valence-corrected chi connectivity index (χ3v) is 6.18. The van der Waals surface area contributed by atoms with E-state index in [-0.39, 0.29) is 36.4 Å². The first-order valence-electron chi connectivity index (χ1n) is 10.2. The van der Waals surface area contributed by atoms with Gasteiger partial charge in [-0.15, -0.1) is 0 Å². The lowest BCUT2D eigenvalue weighted by Crippen LogP contribution is -2.36. The Kier molecular flexibility index (Phi) is 9.88. The van der Waals surface area contributed by atoms with Crippen molar-refractivity contribution in [2.45, 2.75) is 32.2 Å².